The number of halogens is 2. The molecule has 1 aliphatic heterocycles. The summed E-state index contributed by atoms with van der Waals surface area (Å²) in [6.07, 6.45) is 0.298. The monoisotopic (exact) mass is 323 g/mol. The van der Waals surface area contributed by atoms with Crippen molar-refractivity contribution < 1.29 is 18.3 Å². The number of sulfonamides is 1. The fourth-order valence-electron chi connectivity index (χ4n) is 1.96. The summed E-state index contributed by atoms with van der Waals surface area (Å²) in [6, 6.07) is 4.17. The van der Waals surface area contributed by atoms with Crippen LogP contribution in [0.5, 0.6) is 0 Å². The van der Waals surface area contributed by atoms with Crippen LogP contribution >= 0.6 is 23.2 Å². The van der Waals surface area contributed by atoms with E-state index in [2.05, 4.69) is 0 Å². The summed E-state index contributed by atoms with van der Waals surface area (Å²) in [7, 11) is -3.80. The molecule has 1 atom stereocenters. The van der Waals surface area contributed by atoms with Crippen molar-refractivity contribution in [3.05, 3.63) is 28.2 Å². The summed E-state index contributed by atoms with van der Waals surface area (Å²) in [6.45, 7) is 0.128. The zero-order chi connectivity index (χ0) is 14.2. The normalized spacial score (nSPS) is 20.6. The Balaban J connectivity index is 2.33. The van der Waals surface area contributed by atoms with Crippen molar-refractivity contribution in [2.45, 2.75) is 11.3 Å². The number of hydrogen-bond acceptors (Lipinski definition) is 3. The van der Waals surface area contributed by atoms with Gasteiger partial charge >= 0.3 is 5.97 Å². The molecule has 0 aliphatic carbocycles. The quantitative estimate of drug-likeness (QED) is 0.924. The van der Waals surface area contributed by atoms with E-state index in [0.29, 0.717) is 6.42 Å². The van der Waals surface area contributed by atoms with E-state index in [9.17, 15) is 13.2 Å². The molecule has 1 fully saturated rings. The highest BCUT2D eigenvalue weighted by molar-refractivity contribution is 7.89. The van der Waals surface area contributed by atoms with Gasteiger partial charge in [-0.2, -0.15) is 4.31 Å². The van der Waals surface area contributed by atoms with E-state index in [1.54, 1.807) is 0 Å². The van der Waals surface area contributed by atoms with Crippen LogP contribution in [-0.2, 0) is 14.8 Å². The van der Waals surface area contributed by atoms with Crippen LogP contribution in [0.25, 0.3) is 0 Å². The number of carbonyl (C=O) groups is 1. The largest absolute Gasteiger partial charge is 0.481 e. The van der Waals surface area contributed by atoms with Crippen LogP contribution in [0.15, 0.2) is 23.1 Å². The summed E-state index contributed by atoms with van der Waals surface area (Å²) in [4.78, 5) is 10.8. The Hall–Kier alpha value is -0.820. The molecule has 0 unspecified atom stereocenters. The van der Waals surface area contributed by atoms with Gasteiger partial charge in [0.25, 0.3) is 0 Å². The molecule has 104 valence electrons. The van der Waals surface area contributed by atoms with Gasteiger partial charge in [0.05, 0.1) is 10.9 Å². The fourth-order valence-corrected chi connectivity index (χ4v) is 4.20. The van der Waals surface area contributed by atoms with Crippen molar-refractivity contribution in [3.63, 3.8) is 0 Å². The average molecular weight is 324 g/mol. The molecule has 2 rings (SSSR count). The van der Waals surface area contributed by atoms with E-state index in [0.717, 1.165) is 4.31 Å². The molecule has 0 spiro atoms. The highest BCUT2D eigenvalue weighted by atomic mass is 35.5. The Morgan fingerprint density at radius 1 is 1.37 bits per heavy atom. The lowest BCUT2D eigenvalue weighted by Crippen LogP contribution is -2.30. The van der Waals surface area contributed by atoms with E-state index < -0.39 is 21.9 Å². The van der Waals surface area contributed by atoms with Gasteiger partial charge in [-0.15, -0.1) is 0 Å². The van der Waals surface area contributed by atoms with Crippen LogP contribution in [0, 0.1) is 5.92 Å². The maximum atomic E-state index is 12.4. The predicted octanol–water partition coefficient (Wildman–Crippen LogP) is 2.09. The van der Waals surface area contributed by atoms with Crippen LogP contribution in [0.4, 0.5) is 0 Å². The summed E-state index contributed by atoms with van der Waals surface area (Å²) < 4.78 is 25.9. The number of nitrogens with zero attached hydrogens (tertiary/aromatic N) is 1. The number of aliphatic carboxylic acids is 1. The molecular weight excluding hydrogens is 313 g/mol. The lowest BCUT2D eigenvalue weighted by molar-refractivity contribution is -0.141. The summed E-state index contributed by atoms with van der Waals surface area (Å²) in [5, 5.41) is 9.23. The third kappa shape index (κ3) is 2.86. The van der Waals surface area contributed by atoms with Crippen molar-refractivity contribution in [2.75, 3.05) is 13.1 Å². The van der Waals surface area contributed by atoms with Gasteiger partial charge in [-0.25, -0.2) is 8.42 Å². The van der Waals surface area contributed by atoms with Gasteiger partial charge in [0.1, 0.15) is 4.90 Å². The molecule has 8 heteroatoms. The van der Waals surface area contributed by atoms with Crippen LogP contribution < -0.4 is 0 Å². The summed E-state index contributed by atoms with van der Waals surface area (Å²) >= 11 is 11.7. The zero-order valence-electron chi connectivity index (χ0n) is 9.71. The highest BCUT2D eigenvalue weighted by Crippen LogP contribution is 2.30. The SMILES string of the molecule is O=C(O)[C@@H]1CCN(S(=O)(=O)c2cc(Cl)ccc2Cl)C1. The van der Waals surface area contributed by atoms with Gasteiger partial charge < -0.3 is 5.11 Å². The average Bonchev–Trinajstić information content (AvgIpc) is 2.82. The number of carboxylic acid groups (broad SMARTS) is 1. The molecule has 5 nitrogen and oxygen atoms in total. The molecule has 0 saturated carbocycles. The fraction of sp³-hybridized carbons (Fsp3) is 0.364. The van der Waals surface area contributed by atoms with Gasteiger partial charge in [0, 0.05) is 18.1 Å². The van der Waals surface area contributed by atoms with Crippen molar-refractivity contribution in [2.24, 2.45) is 5.92 Å². The Labute approximate surface area is 120 Å². The van der Waals surface area contributed by atoms with Crippen molar-refractivity contribution in [1.82, 2.24) is 4.31 Å². The molecule has 0 radical (unpaired) electrons. The molecule has 0 bridgehead atoms. The van der Waals surface area contributed by atoms with E-state index in [1.807, 2.05) is 0 Å². The molecule has 0 aromatic heterocycles. The Bertz CT molecular complexity index is 617. The topological polar surface area (TPSA) is 74.7 Å². The van der Waals surface area contributed by atoms with Gasteiger partial charge in [0.2, 0.25) is 10.0 Å². The number of hydrogen-bond donors (Lipinski definition) is 1. The Morgan fingerprint density at radius 3 is 2.63 bits per heavy atom. The second-order valence-electron chi connectivity index (χ2n) is 4.26. The molecule has 1 N–H and O–H groups in total. The van der Waals surface area contributed by atoms with Crippen molar-refractivity contribution >= 4 is 39.2 Å². The first kappa shape index (κ1) is 14.6. The number of rotatable bonds is 3. The lowest BCUT2D eigenvalue weighted by Gasteiger charge is -2.17. The molecule has 0 amide bonds. The first-order valence-corrected chi connectivity index (χ1v) is 7.70. The van der Waals surface area contributed by atoms with Crippen LogP contribution in [-0.4, -0.2) is 36.9 Å². The number of carboxylic acids is 1. The van der Waals surface area contributed by atoms with E-state index in [1.165, 1.54) is 18.2 Å². The molecule has 1 aromatic carbocycles. The van der Waals surface area contributed by atoms with Crippen LogP contribution in [0.3, 0.4) is 0 Å². The third-order valence-electron chi connectivity index (χ3n) is 3.01. The Morgan fingerprint density at radius 2 is 2.05 bits per heavy atom. The second kappa shape index (κ2) is 5.28. The molecule has 1 saturated heterocycles. The molecule has 1 aromatic rings. The standard InChI is InChI=1S/C11H11Cl2NO4S/c12-8-1-2-9(13)10(5-8)19(17,18)14-4-3-7(6-14)11(15)16/h1-2,5,7H,3-4,6H2,(H,15,16)/t7-/m1/s1. The number of benzene rings is 1. The van der Waals surface area contributed by atoms with Crippen molar-refractivity contribution in [1.29, 1.82) is 0 Å². The van der Waals surface area contributed by atoms with Crippen molar-refractivity contribution in [3.8, 4) is 0 Å². The maximum absolute atomic E-state index is 12.4. The molecular formula is C11H11Cl2NO4S. The minimum Gasteiger partial charge on any atom is -0.481 e. The first-order chi connectivity index (χ1) is 8.82. The van der Waals surface area contributed by atoms with E-state index >= 15 is 0 Å². The first-order valence-electron chi connectivity index (χ1n) is 5.50. The lowest BCUT2D eigenvalue weighted by atomic mass is 10.1. The summed E-state index contributed by atoms with van der Waals surface area (Å²) in [5.41, 5.74) is 0. The van der Waals surface area contributed by atoms with Gasteiger partial charge in [-0.3, -0.25) is 4.79 Å². The molecule has 1 heterocycles. The Kier molecular flexibility index (Phi) is 4.06. The van der Waals surface area contributed by atoms with Gasteiger partial charge in [-0.05, 0) is 24.6 Å². The van der Waals surface area contributed by atoms with Gasteiger partial charge in [-0.1, -0.05) is 23.2 Å². The summed E-state index contributed by atoms with van der Waals surface area (Å²) in [5.74, 6) is -1.66. The third-order valence-corrected chi connectivity index (χ3v) is 5.59. The zero-order valence-corrected chi connectivity index (χ0v) is 12.0. The van der Waals surface area contributed by atoms with E-state index in [-0.39, 0.29) is 28.0 Å². The van der Waals surface area contributed by atoms with Gasteiger partial charge in [0.15, 0.2) is 0 Å². The smallest absolute Gasteiger partial charge is 0.307 e. The van der Waals surface area contributed by atoms with E-state index in [4.69, 9.17) is 28.3 Å². The predicted molar refractivity (Wildman–Crippen MR) is 71.0 cm³/mol. The minimum absolute atomic E-state index is 0.0412. The van der Waals surface area contributed by atoms with Crippen LogP contribution in [0.1, 0.15) is 6.42 Å². The molecule has 19 heavy (non-hydrogen) atoms. The molecule has 1 aliphatic rings. The highest BCUT2D eigenvalue weighted by Gasteiger charge is 2.36. The maximum Gasteiger partial charge on any atom is 0.307 e. The minimum atomic E-state index is -3.80. The van der Waals surface area contributed by atoms with Crippen LogP contribution in [0.2, 0.25) is 10.0 Å². The second-order valence-corrected chi connectivity index (χ2v) is 7.01.